The first kappa shape index (κ1) is 25.6. The summed E-state index contributed by atoms with van der Waals surface area (Å²) >= 11 is 0. The highest BCUT2D eigenvalue weighted by Crippen LogP contribution is 2.28. The lowest BCUT2D eigenvalue weighted by molar-refractivity contribution is -0.125. The molecule has 3 heterocycles. The zero-order chi connectivity index (χ0) is 26.2. The van der Waals surface area contributed by atoms with Crippen LogP contribution in [0.15, 0.2) is 52.5 Å². The van der Waals surface area contributed by atoms with Gasteiger partial charge in [0, 0.05) is 70.3 Å². The molecule has 0 aromatic heterocycles. The molecule has 4 rings (SSSR count). The predicted molar refractivity (Wildman–Crippen MR) is 137 cm³/mol. The van der Waals surface area contributed by atoms with Crippen LogP contribution in [0.3, 0.4) is 0 Å². The molecular weight excluding hydrogens is 482 g/mol. The Morgan fingerprint density at radius 3 is 2.36 bits per heavy atom. The number of allylic oxidation sites excluding steroid dienone is 2. The number of nitrogens with zero attached hydrogens (tertiary/aromatic N) is 5. The van der Waals surface area contributed by atoms with Crippen molar-refractivity contribution in [2.24, 2.45) is 10.9 Å². The maximum Gasteiger partial charge on any atom is 0.331 e. The summed E-state index contributed by atoms with van der Waals surface area (Å²) in [6.45, 7) is 9.78. The van der Waals surface area contributed by atoms with E-state index in [9.17, 15) is 22.8 Å². The highest BCUT2D eigenvalue weighted by Gasteiger charge is 2.34. The Hall–Kier alpha value is -3.47. The first-order chi connectivity index (χ1) is 17.0. The van der Waals surface area contributed by atoms with Crippen LogP contribution in [0.25, 0.3) is 0 Å². The number of amides is 4. The number of aliphatic imine (C=N–C) groups is 1. The van der Waals surface area contributed by atoms with Crippen LogP contribution in [0.4, 0.5) is 10.5 Å². The molecular formula is C25H31N5O5S. The van der Waals surface area contributed by atoms with E-state index >= 15 is 0 Å². The zero-order valence-electron chi connectivity index (χ0n) is 20.8. The van der Waals surface area contributed by atoms with Gasteiger partial charge >= 0.3 is 6.03 Å². The molecule has 11 heteroatoms. The lowest BCUT2D eigenvalue weighted by atomic mass is 9.97. The number of sulfone groups is 1. The summed E-state index contributed by atoms with van der Waals surface area (Å²) in [5.74, 6) is 0.500. The fourth-order valence-corrected chi connectivity index (χ4v) is 5.73. The maximum absolute atomic E-state index is 13.4. The molecule has 4 amide bonds. The van der Waals surface area contributed by atoms with E-state index in [1.54, 1.807) is 11.0 Å². The minimum absolute atomic E-state index is 0.0757. The fraction of sp³-hybridized carbons (Fsp3) is 0.440. The van der Waals surface area contributed by atoms with E-state index in [4.69, 9.17) is 0 Å². The predicted octanol–water partition coefficient (Wildman–Crippen LogP) is 2.14. The Morgan fingerprint density at radius 2 is 1.81 bits per heavy atom. The van der Waals surface area contributed by atoms with Crippen molar-refractivity contribution >= 4 is 39.2 Å². The molecule has 0 radical (unpaired) electrons. The monoisotopic (exact) mass is 513 g/mol. The topological polar surface area (TPSA) is 111 Å². The maximum atomic E-state index is 13.4. The number of carbonyl (C=O) groups excluding carboxylic acids is 3. The van der Waals surface area contributed by atoms with Gasteiger partial charge in [-0.15, -0.1) is 0 Å². The van der Waals surface area contributed by atoms with Gasteiger partial charge in [0.1, 0.15) is 5.84 Å². The molecule has 2 fully saturated rings. The molecule has 0 aliphatic carbocycles. The minimum atomic E-state index is -3.77. The van der Waals surface area contributed by atoms with Crippen LogP contribution in [0, 0.1) is 5.92 Å². The molecule has 1 aromatic carbocycles. The zero-order valence-corrected chi connectivity index (χ0v) is 21.6. The van der Waals surface area contributed by atoms with Gasteiger partial charge in [0.15, 0.2) is 9.84 Å². The van der Waals surface area contributed by atoms with Gasteiger partial charge in [-0.3, -0.25) is 19.4 Å². The van der Waals surface area contributed by atoms with Crippen molar-refractivity contribution in [2.45, 2.75) is 25.2 Å². The number of amidine groups is 1. The van der Waals surface area contributed by atoms with Gasteiger partial charge in [-0.25, -0.2) is 18.2 Å². The Morgan fingerprint density at radius 1 is 1.11 bits per heavy atom. The van der Waals surface area contributed by atoms with Gasteiger partial charge < -0.3 is 9.80 Å². The van der Waals surface area contributed by atoms with Crippen molar-refractivity contribution in [1.29, 1.82) is 0 Å². The van der Waals surface area contributed by atoms with Crippen molar-refractivity contribution < 1.29 is 22.8 Å². The summed E-state index contributed by atoms with van der Waals surface area (Å²) in [5.41, 5.74) is 1.51. The number of anilines is 1. The third-order valence-corrected chi connectivity index (χ3v) is 7.93. The van der Waals surface area contributed by atoms with Crippen molar-refractivity contribution in [3.05, 3.63) is 48.2 Å². The van der Waals surface area contributed by atoms with Crippen LogP contribution in [-0.2, 0) is 14.6 Å². The molecule has 1 unspecified atom stereocenters. The summed E-state index contributed by atoms with van der Waals surface area (Å²) in [7, 11) is -3.77. The average Bonchev–Trinajstić information content (AvgIpc) is 3.24. The van der Waals surface area contributed by atoms with Crippen LogP contribution in [0.2, 0.25) is 0 Å². The Balaban J connectivity index is 1.52. The number of hydrogen-bond acceptors (Lipinski definition) is 7. The van der Waals surface area contributed by atoms with Gasteiger partial charge in [0.25, 0.3) is 5.91 Å². The second kappa shape index (κ2) is 9.88. The summed E-state index contributed by atoms with van der Waals surface area (Å²) < 4.78 is 25.3. The van der Waals surface area contributed by atoms with E-state index < -0.39 is 15.9 Å². The summed E-state index contributed by atoms with van der Waals surface area (Å²) in [6, 6.07) is 3.86. The van der Waals surface area contributed by atoms with Crippen LogP contribution in [0.5, 0.6) is 0 Å². The average molecular weight is 514 g/mol. The van der Waals surface area contributed by atoms with E-state index in [1.165, 1.54) is 24.0 Å². The van der Waals surface area contributed by atoms with Crippen LogP contribution in [-0.4, -0.2) is 92.3 Å². The smallest absolute Gasteiger partial charge is 0.331 e. The summed E-state index contributed by atoms with van der Waals surface area (Å²) in [6.07, 6.45) is 5.56. The van der Waals surface area contributed by atoms with Crippen LogP contribution in [0.1, 0.15) is 30.6 Å². The Labute approximate surface area is 211 Å². The van der Waals surface area contributed by atoms with Gasteiger partial charge in [-0.05, 0) is 30.2 Å². The third kappa shape index (κ3) is 4.92. The highest BCUT2D eigenvalue weighted by molar-refractivity contribution is 7.90. The Bertz CT molecular complexity index is 1280. The summed E-state index contributed by atoms with van der Waals surface area (Å²) in [4.78, 5) is 48.4. The number of piperazine rings is 1. The van der Waals surface area contributed by atoms with Crippen molar-refractivity contribution in [3.8, 4) is 0 Å². The first-order valence-electron chi connectivity index (χ1n) is 11.9. The van der Waals surface area contributed by atoms with Crippen LogP contribution >= 0.6 is 0 Å². The molecule has 0 N–H and O–H groups in total. The van der Waals surface area contributed by atoms with Gasteiger partial charge in [-0.2, -0.15) is 0 Å². The normalized spacial score (nSPS) is 20.9. The van der Waals surface area contributed by atoms with Crippen molar-refractivity contribution in [1.82, 2.24) is 14.7 Å². The second-order valence-corrected chi connectivity index (χ2v) is 11.3. The molecule has 3 aliphatic heterocycles. The van der Waals surface area contributed by atoms with Gasteiger partial charge in [-0.1, -0.05) is 19.6 Å². The Kier molecular flexibility index (Phi) is 7.03. The van der Waals surface area contributed by atoms with Crippen molar-refractivity contribution in [3.63, 3.8) is 0 Å². The van der Waals surface area contributed by atoms with E-state index in [0.717, 1.165) is 29.0 Å². The SMILES string of the molecule is C=CC1=CN=C(N2CCN(C(=O)c3ccc(N4CCN(C(C)=O)C4=O)cc3S(C)(=O)=O)CC2)C(C)C1. The largest absolute Gasteiger partial charge is 0.356 e. The molecule has 1 atom stereocenters. The van der Waals surface area contributed by atoms with Gasteiger partial charge in [0.2, 0.25) is 5.91 Å². The third-order valence-electron chi connectivity index (χ3n) is 6.79. The number of benzene rings is 1. The number of hydrogen-bond donors (Lipinski definition) is 0. The first-order valence-corrected chi connectivity index (χ1v) is 13.8. The number of rotatable bonds is 4. The molecule has 0 saturated carbocycles. The molecule has 3 aliphatic rings. The molecule has 0 bridgehead atoms. The van der Waals surface area contributed by atoms with E-state index in [0.29, 0.717) is 31.9 Å². The van der Waals surface area contributed by atoms with E-state index in [2.05, 4.69) is 23.4 Å². The molecule has 192 valence electrons. The molecule has 36 heavy (non-hydrogen) atoms. The molecule has 0 spiro atoms. The van der Waals surface area contributed by atoms with E-state index in [1.807, 2.05) is 12.3 Å². The van der Waals surface area contributed by atoms with Crippen LogP contribution < -0.4 is 4.90 Å². The number of carbonyl (C=O) groups is 3. The second-order valence-electron chi connectivity index (χ2n) is 9.34. The minimum Gasteiger partial charge on any atom is -0.356 e. The lowest BCUT2D eigenvalue weighted by Gasteiger charge is -2.39. The fourth-order valence-electron chi connectivity index (χ4n) is 4.84. The van der Waals surface area contributed by atoms with E-state index in [-0.39, 0.29) is 41.3 Å². The quantitative estimate of drug-likeness (QED) is 0.610. The molecule has 1 aromatic rings. The van der Waals surface area contributed by atoms with Crippen molar-refractivity contribution in [2.75, 3.05) is 50.4 Å². The number of urea groups is 1. The lowest BCUT2D eigenvalue weighted by Crippen LogP contribution is -2.52. The summed E-state index contributed by atoms with van der Waals surface area (Å²) in [5, 5.41) is 0. The van der Waals surface area contributed by atoms with Gasteiger partial charge in [0.05, 0.1) is 10.5 Å². The molecule has 2 saturated heterocycles. The number of imide groups is 1. The molecule has 10 nitrogen and oxygen atoms in total. The highest BCUT2D eigenvalue weighted by atomic mass is 32.2. The standard InChI is InChI=1S/C25H31N5O5S/c1-5-19-14-17(2)23(26-16-19)27-8-10-28(11-9-27)24(32)21-7-6-20(15-22(21)36(4,34)35)30-13-12-29(18(3)31)25(30)33/h5-7,15-17H,1,8-14H2,2-4H3.